The number of anilines is 1. The van der Waals surface area contributed by atoms with Crippen LogP contribution in [-0.4, -0.2) is 50.9 Å². The SMILES string of the molecule is C[S-](C)#Cc1ccnc(C(=O)N2CCc3nc(NC4Cc5ccccc5C4)ncc3C2)c1. The Bertz CT molecular complexity index is 1240. The van der Waals surface area contributed by atoms with Gasteiger partial charge in [0.25, 0.3) is 5.91 Å². The lowest BCUT2D eigenvalue weighted by Crippen LogP contribution is -2.37. The van der Waals surface area contributed by atoms with Crippen molar-refractivity contribution in [1.29, 1.82) is 0 Å². The lowest BCUT2D eigenvalue weighted by Gasteiger charge is -2.28. The van der Waals surface area contributed by atoms with Gasteiger partial charge in [0, 0.05) is 43.5 Å². The van der Waals surface area contributed by atoms with Crippen LogP contribution in [0.3, 0.4) is 0 Å². The molecule has 0 unspecified atom stereocenters. The van der Waals surface area contributed by atoms with Gasteiger partial charge in [0.05, 0.1) is 5.69 Å². The summed E-state index contributed by atoms with van der Waals surface area (Å²) in [7, 11) is 0.0363. The summed E-state index contributed by atoms with van der Waals surface area (Å²) in [5, 5.41) is 6.85. The van der Waals surface area contributed by atoms with Gasteiger partial charge >= 0.3 is 0 Å². The van der Waals surface area contributed by atoms with Crippen LogP contribution in [0.4, 0.5) is 5.95 Å². The first kappa shape index (κ1) is 20.7. The molecule has 2 aliphatic rings. The number of aromatic nitrogens is 3. The molecule has 1 aliphatic heterocycles. The first-order valence-corrected chi connectivity index (χ1v) is 12.9. The van der Waals surface area contributed by atoms with Crippen molar-refractivity contribution >= 4 is 22.2 Å². The number of amides is 1. The second-order valence-corrected chi connectivity index (χ2v) is 10.3. The normalized spacial score (nSPS) is 15.3. The van der Waals surface area contributed by atoms with Gasteiger partial charge < -0.3 is 20.5 Å². The minimum Gasteiger partial charge on any atom is -0.455 e. The standard InChI is InChI=1S/C25H26N5OS/c1-32(2)16-17-7-9-26-23(11-17)24(31)30-10-8-22-20(15-30)14-27-25(29-22)28-21-12-18-5-3-4-6-19(18)13-21/h3-7,9,11,14,21H,8,10,12-13,15H2,1-2H3,(H,27,28,29)/q-1. The molecule has 0 spiro atoms. The molecule has 6 nitrogen and oxygen atoms in total. The zero-order chi connectivity index (χ0) is 22.1. The van der Waals surface area contributed by atoms with Crippen molar-refractivity contribution in [3.63, 3.8) is 0 Å². The lowest BCUT2D eigenvalue weighted by atomic mass is 10.1. The van der Waals surface area contributed by atoms with Crippen molar-refractivity contribution in [2.75, 3.05) is 24.4 Å². The van der Waals surface area contributed by atoms with Gasteiger partial charge in [-0.2, -0.15) is 0 Å². The monoisotopic (exact) mass is 444 g/mol. The van der Waals surface area contributed by atoms with Crippen LogP contribution in [0.1, 0.15) is 38.4 Å². The van der Waals surface area contributed by atoms with Gasteiger partial charge in [-0.1, -0.05) is 24.3 Å². The molecular formula is C25H26N5OS-. The summed E-state index contributed by atoms with van der Waals surface area (Å²) in [5.74, 6) is 0.619. The molecule has 0 saturated heterocycles. The van der Waals surface area contributed by atoms with Crippen LogP contribution in [0.25, 0.3) is 0 Å². The second-order valence-electron chi connectivity index (χ2n) is 8.51. The number of nitrogens with one attached hydrogen (secondary N) is 1. The second kappa shape index (κ2) is 8.77. The molecule has 1 aliphatic carbocycles. The van der Waals surface area contributed by atoms with Gasteiger partial charge in [-0.25, -0.2) is 9.97 Å². The molecule has 0 fully saturated rings. The van der Waals surface area contributed by atoms with E-state index in [-0.39, 0.29) is 16.2 Å². The maximum absolute atomic E-state index is 13.0. The molecule has 0 atom stereocenters. The Morgan fingerprint density at radius 1 is 1.12 bits per heavy atom. The van der Waals surface area contributed by atoms with Crippen LogP contribution in [-0.2, 0) is 36.1 Å². The molecule has 2 aromatic heterocycles. The van der Waals surface area contributed by atoms with E-state index in [1.807, 2.05) is 23.2 Å². The third-order valence-corrected chi connectivity index (χ3v) is 6.55. The maximum Gasteiger partial charge on any atom is 0.272 e. The fourth-order valence-electron chi connectivity index (χ4n) is 4.41. The van der Waals surface area contributed by atoms with E-state index in [0.717, 1.165) is 29.7 Å². The number of fused-ring (bicyclic) bond motifs is 2. The molecule has 0 saturated carbocycles. The Hall–Kier alpha value is -3.15. The van der Waals surface area contributed by atoms with E-state index in [4.69, 9.17) is 4.98 Å². The third-order valence-electron chi connectivity index (χ3n) is 5.91. The first-order chi connectivity index (χ1) is 15.5. The molecule has 0 radical (unpaired) electrons. The number of rotatable bonds is 3. The molecule has 3 heterocycles. The van der Waals surface area contributed by atoms with Crippen LogP contribution in [0.15, 0.2) is 48.8 Å². The number of pyridine rings is 1. The van der Waals surface area contributed by atoms with Gasteiger partial charge in [-0.05, 0) is 41.7 Å². The Morgan fingerprint density at radius 2 is 1.91 bits per heavy atom. The van der Waals surface area contributed by atoms with E-state index in [1.165, 1.54) is 11.1 Å². The van der Waals surface area contributed by atoms with Gasteiger partial charge in [-0.3, -0.25) is 15.0 Å². The van der Waals surface area contributed by atoms with E-state index in [0.29, 0.717) is 37.2 Å². The van der Waals surface area contributed by atoms with E-state index >= 15 is 0 Å². The van der Waals surface area contributed by atoms with E-state index in [1.54, 1.807) is 6.20 Å². The van der Waals surface area contributed by atoms with E-state index in [2.05, 4.69) is 57.2 Å². The average molecular weight is 445 g/mol. The number of hydrogen-bond donors (Lipinski definition) is 1. The van der Waals surface area contributed by atoms with Crippen LogP contribution >= 0.6 is 0 Å². The Labute approximate surface area is 190 Å². The molecular weight excluding hydrogens is 418 g/mol. The third kappa shape index (κ3) is 4.40. The zero-order valence-electron chi connectivity index (χ0n) is 18.3. The van der Waals surface area contributed by atoms with Crippen molar-refractivity contribution in [2.24, 2.45) is 0 Å². The topological polar surface area (TPSA) is 71.0 Å². The highest BCUT2D eigenvalue weighted by atomic mass is 32.2. The summed E-state index contributed by atoms with van der Waals surface area (Å²) in [6, 6.07) is 12.6. The number of carbonyl (C=O) groups is 1. The lowest BCUT2D eigenvalue weighted by molar-refractivity contribution is 0.0727. The summed E-state index contributed by atoms with van der Waals surface area (Å²) in [6.45, 7) is 1.14. The molecule has 0 bridgehead atoms. The predicted octanol–water partition coefficient (Wildman–Crippen LogP) is 2.83. The van der Waals surface area contributed by atoms with Crippen molar-refractivity contribution in [1.82, 2.24) is 19.9 Å². The highest BCUT2D eigenvalue weighted by Gasteiger charge is 2.25. The highest BCUT2D eigenvalue weighted by molar-refractivity contribution is 7.85. The molecule has 1 N–H and O–H groups in total. The van der Waals surface area contributed by atoms with Crippen LogP contribution < -0.4 is 5.32 Å². The minimum absolute atomic E-state index is 0.0363. The molecule has 32 heavy (non-hydrogen) atoms. The smallest absolute Gasteiger partial charge is 0.272 e. The number of carbonyl (C=O) groups excluding carboxylic acids is 1. The number of hydrogen-bond acceptors (Lipinski definition) is 6. The fourth-order valence-corrected chi connectivity index (χ4v) is 5.01. The quantitative estimate of drug-likeness (QED) is 0.629. The predicted molar refractivity (Wildman–Crippen MR) is 128 cm³/mol. The molecule has 5 rings (SSSR count). The van der Waals surface area contributed by atoms with Crippen molar-refractivity contribution in [3.05, 3.63) is 82.4 Å². The summed E-state index contributed by atoms with van der Waals surface area (Å²) in [5.41, 5.74) is 6.21. The van der Waals surface area contributed by atoms with Gasteiger partial charge in [0.15, 0.2) is 0 Å². The van der Waals surface area contributed by atoms with Crippen LogP contribution in [0.2, 0.25) is 0 Å². The van der Waals surface area contributed by atoms with Crippen molar-refractivity contribution < 1.29 is 4.79 Å². The van der Waals surface area contributed by atoms with Crippen molar-refractivity contribution in [3.8, 4) is 5.18 Å². The fraction of sp³-hybridized carbons (Fsp3) is 0.320. The number of benzene rings is 1. The Kier molecular flexibility index (Phi) is 5.68. The van der Waals surface area contributed by atoms with E-state index in [9.17, 15) is 4.79 Å². The summed E-state index contributed by atoms with van der Waals surface area (Å²) < 4.78 is 0. The molecule has 3 aromatic rings. The summed E-state index contributed by atoms with van der Waals surface area (Å²) in [6.07, 6.45) is 10.4. The Balaban J connectivity index is 1.27. The first-order valence-electron chi connectivity index (χ1n) is 10.8. The highest BCUT2D eigenvalue weighted by Crippen LogP contribution is 2.25. The van der Waals surface area contributed by atoms with Crippen LogP contribution in [0, 0.1) is 5.18 Å². The molecule has 164 valence electrons. The Morgan fingerprint density at radius 3 is 2.66 bits per heavy atom. The molecule has 7 heteroatoms. The maximum atomic E-state index is 13.0. The number of nitrogens with zero attached hydrogens (tertiary/aromatic N) is 4. The minimum atomic E-state index is -0.0580. The summed E-state index contributed by atoms with van der Waals surface area (Å²) in [4.78, 5) is 28.5. The van der Waals surface area contributed by atoms with Gasteiger partial charge in [0.2, 0.25) is 5.95 Å². The molecule has 1 aromatic carbocycles. The van der Waals surface area contributed by atoms with Crippen molar-refractivity contribution in [2.45, 2.75) is 31.8 Å². The van der Waals surface area contributed by atoms with Crippen LogP contribution in [0.5, 0.6) is 0 Å². The average Bonchev–Trinajstić information content (AvgIpc) is 3.20. The molecule has 1 amide bonds. The van der Waals surface area contributed by atoms with Gasteiger partial charge in [0.1, 0.15) is 5.69 Å². The zero-order valence-corrected chi connectivity index (χ0v) is 19.2. The largest absolute Gasteiger partial charge is 0.455 e. The van der Waals surface area contributed by atoms with E-state index < -0.39 is 0 Å². The summed E-state index contributed by atoms with van der Waals surface area (Å²) >= 11 is 0. The van der Waals surface area contributed by atoms with Gasteiger partial charge in [-0.15, -0.1) is 12.5 Å².